The van der Waals surface area contributed by atoms with Gasteiger partial charge >= 0.3 is 5.97 Å². The van der Waals surface area contributed by atoms with Gasteiger partial charge in [0, 0.05) is 13.1 Å². The first-order valence-electron chi connectivity index (χ1n) is 7.74. The predicted octanol–water partition coefficient (Wildman–Crippen LogP) is 1.40. The zero-order valence-corrected chi connectivity index (χ0v) is 14.6. The Hall–Kier alpha value is -1.44. The van der Waals surface area contributed by atoms with Crippen molar-refractivity contribution in [3.8, 4) is 0 Å². The Bertz CT molecular complexity index is 665. The van der Waals surface area contributed by atoms with Crippen LogP contribution in [0, 0.1) is 12.8 Å². The fourth-order valence-corrected chi connectivity index (χ4v) is 4.72. The molecule has 6 nitrogen and oxygen atoms in total. The van der Waals surface area contributed by atoms with Crippen molar-refractivity contribution < 1.29 is 17.9 Å². The fraction of sp³-hybridized carbons (Fsp3) is 0.562. The summed E-state index contributed by atoms with van der Waals surface area (Å²) in [6.45, 7) is 3.57. The first-order valence-corrected chi connectivity index (χ1v) is 9.18. The number of nitrogens with zero attached hydrogens (tertiary/aromatic N) is 1. The second-order valence-electron chi connectivity index (χ2n) is 5.83. The molecule has 1 N–H and O–H groups in total. The van der Waals surface area contributed by atoms with E-state index >= 15 is 0 Å². The molecule has 0 radical (unpaired) electrons. The number of carbonyl (C=O) groups is 1. The van der Waals surface area contributed by atoms with E-state index < -0.39 is 16.0 Å². The summed E-state index contributed by atoms with van der Waals surface area (Å²) in [5.41, 5.74) is 0.732. The number of carbonyl (C=O) groups excluding carboxylic acids is 1. The van der Waals surface area contributed by atoms with E-state index in [0.717, 1.165) is 19.4 Å². The molecule has 1 heterocycles. The van der Waals surface area contributed by atoms with Crippen LogP contribution in [0.4, 0.5) is 0 Å². The van der Waals surface area contributed by atoms with Crippen LogP contribution in [-0.4, -0.2) is 52.5 Å². The molecule has 2 rings (SSSR count). The number of sulfonamides is 1. The van der Waals surface area contributed by atoms with Gasteiger partial charge < -0.3 is 10.1 Å². The molecule has 0 spiro atoms. The topological polar surface area (TPSA) is 75.7 Å². The maximum atomic E-state index is 12.9. The molecule has 128 valence electrons. The van der Waals surface area contributed by atoms with E-state index in [2.05, 4.69) is 5.32 Å². The molecule has 1 fully saturated rings. The lowest BCUT2D eigenvalue weighted by molar-refractivity contribution is 0.0599. The first-order chi connectivity index (χ1) is 10.9. The van der Waals surface area contributed by atoms with Gasteiger partial charge in [0.15, 0.2) is 0 Å². The number of nitrogens with one attached hydrogen (secondary N) is 1. The molecule has 1 aromatic carbocycles. The monoisotopic (exact) mass is 340 g/mol. The van der Waals surface area contributed by atoms with Crippen LogP contribution in [0.15, 0.2) is 23.1 Å². The lowest BCUT2D eigenvalue weighted by Gasteiger charge is -2.31. The van der Waals surface area contributed by atoms with Gasteiger partial charge in [0.05, 0.1) is 17.6 Å². The number of piperidine rings is 1. The highest BCUT2D eigenvalue weighted by Gasteiger charge is 2.31. The molecule has 0 aliphatic carbocycles. The number of ether oxygens (including phenoxy) is 1. The Morgan fingerprint density at radius 3 is 2.57 bits per heavy atom. The Morgan fingerprint density at radius 1 is 1.35 bits per heavy atom. The summed E-state index contributed by atoms with van der Waals surface area (Å²) in [6, 6.07) is 4.72. The third-order valence-electron chi connectivity index (χ3n) is 4.37. The zero-order valence-electron chi connectivity index (χ0n) is 13.8. The highest BCUT2D eigenvalue weighted by Crippen LogP contribution is 2.27. The smallest absolute Gasteiger partial charge is 0.338 e. The molecular formula is C16H24N2O4S. The van der Waals surface area contributed by atoms with Crippen LogP contribution in [0.3, 0.4) is 0 Å². The predicted molar refractivity (Wildman–Crippen MR) is 87.9 cm³/mol. The standard InChI is InChI=1S/C16H24N2O4S/c1-12-14(16(19)22-3)5-4-6-15(12)23(20,21)18-9-7-13(8-10-18)11-17-2/h4-6,13,17H,7-11H2,1-3H3. The second kappa shape index (κ2) is 7.42. The van der Waals surface area contributed by atoms with E-state index in [9.17, 15) is 13.2 Å². The van der Waals surface area contributed by atoms with Gasteiger partial charge in [-0.25, -0.2) is 13.2 Å². The van der Waals surface area contributed by atoms with Crippen LogP contribution in [0.25, 0.3) is 0 Å². The summed E-state index contributed by atoms with van der Waals surface area (Å²) in [4.78, 5) is 12.0. The molecule has 1 saturated heterocycles. The molecule has 0 bridgehead atoms. The van der Waals surface area contributed by atoms with Gasteiger partial charge in [-0.1, -0.05) is 6.07 Å². The summed E-state index contributed by atoms with van der Waals surface area (Å²) in [6.07, 6.45) is 1.69. The van der Waals surface area contributed by atoms with Crippen molar-refractivity contribution in [1.29, 1.82) is 0 Å². The summed E-state index contributed by atoms with van der Waals surface area (Å²) in [5.74, 6) is -0.0128. The molecule has 0 atom stereocenters. The number of hydrogen-bond donors (Lipinski definition) is 1. The number of rotatable bonds is 5. The van der Waals surface area contributed by atoms with E-state index in [0.29, 0.717) is 30.1 Å². The summed E-state index contributed by atoms with van der Waals surface area (Å²) in [7, 11) is -0.395. The average molecular weight is 340 g/mol. The van der Waals surface area contributed by atoms with Gasteiger partial charge in [-0.2, -0.15) is 4.31 Å². The van der Waals surface area contributed by atoms with E-state index in [1.807, 2.05) is 7.05 Å². The molecule has 0 saturated carbocycles. The van der Waals surface area contributed by atoms with Gasteiger partial charge in [-0.15, -0.1) is 0 Å². The van der Waals surface area contributed by atoms with Crippen molar-refractivity contribution in [2.45, 2.75) is 24.7 Å². The van der Waals surface area contributed by atoms with Gasteiger partial charge in [-0.3, -0.25) is 0 Å². The SMILES string of the molecule is CNCC1CCN(S(=O)(=O)c2cccc(C(=O)OC)c2C)CC1. The van der Waals surface area contributed by atoms with Crippen molar-refractivity contribution in [3.63, 3.8) is 0 Å². The normalized spacial score (nSPS) is 17.2. The molecule has 1 aromatic rings. The van der Waals surface area contributed by atoms with Crippen LogP contribution in [0.2, 0.25) is 0 Å². The minimum Gasteiger partial charge on any atom is -0.465 e. The van der Waals surface area contributed by atoms with Crippen molar-refractivity contribution >= 4 is 16.0 Å². The minimum absolute atomic E-state index is 0.187. The van der Waals surface area contributed by atoms with Crippen LogP contribution in [-0.2, 0) is 14.8 Å². The van der Waals surface area contributed by atoms with Gasteiger partial charge in [0.25, 0.3) is 0 Å². The van der Waals surface area contributed by atoms with Crippen molar-refractivity contribution in [3.05, 3.63) is 29.3 Å². The largest absolute Gasteiger partial charge is 0.465 e. The van der Waals surface area contributed by atoms with Crippen LogP contribution < -0.4 is 5.32 Å². The number of esters is 1. The molecule has 7 heteroatoms. The minimum atomic E-state index is -3.59. The highest BCUT2D eigenvalue weighted by molar-refractivity contribution is 7.89. The Kier molecular flexibility index (Phi) is 5.78. The van der Waals surface area contributed by atoms with E-state index in [1.54, 1.807) is 25.1 Å². The fourth-order valence-electron chi connectivity index (χ4n) is 3.01. The Labute approximate surface area is 137 Å². The number of benzene rings is 1. The number of hydrogen-bond acceptors (Lipinski definition) is 5. The van der Waals surface area contributed by atoms with Crippen LogP contribution >= 0.6 is 0 Å². The number of methoxy groups -OCH3 is 1. The quantitative estimate of drug-likeness (QED) is 0.820. The molecule has 0 amide bonds. The van der Waals surface area contributed by atoms with E-state index in [-0.39, 0.29) is 4.90 Å². The highest BCUT2D eigenvalue weighted by atomic mass is 32.2. The van der Waals surface area contributed by atoms with Crippen LogP contribution in [0.1, 0.15) is 28.8 Å². The Balaban J connectivity index is 2.26. The van der Waals surface area contributed by atoms with E-state index in [4.69, 9.17) is 4.74 Å². The van der Waals surface area contributed by atoms with Crippen molar-refractivity contribution in [2.24, 2.45) is 5.92 Å². The summed E-state index contributed by atoms with van der Waals surface area (Å²) >= 11 is 0. The third-order valence-corrected chi connectivity index (χ3v) is 6.42. The van der Waals surface area contributed by atoms with Gasteiger partial charge in [0.2, 0.25) is 10.0 Å². The van der Waals surface area contributed by atoms with Gasteiger partial charge in [0.1, 0.15) is 0 Å². The second-order valence-corrected chi connectivity index (χ2v) is 7.73. The average Bonchev–Trinajstić information content (AvgIpc) is 2.55. The molecular weight excluding hydrogens is 316 g/mol. The zero-order chi connectivity index (χ0) is 17.0. The molecule has 23 heavy (non-hydrogen) atoms. The lowest BCUT2D eigenvalue weighted by atomic mass is 9.98. The summed E-state index contributed by atoms with van der Waals surface area (Å²) < 4.78 is 32.0. The third kappa shape index (κ3) is 3.73. The maximum absolute atomic E-state index is 12.9. The maximum Gasteiger partial charge on any atom is 0.338 e. The lowest BCUT2D eigenvalue weighted by Crippen LogP contribution is -2.40. The summed E-state index contributed by atoms with van der Waals surface area (Å²) in [5, 5.41) is 3.14. The van der Waals surface area contributed by atoms with Crippen molar-refractivity contribution in [2.75, 3.05) is 33.8 Å². The van der Waals surface area contributed by atoms with E-state index in [1.165, 1.54) is 11.4 Å². The molecule has 1 aliphatic rings. The molecule has 1 aliphatic heterocycles. The van der Waals surface area contributed by atoms with Gasteiger partial charge in [-0.05, 0) is 57.0 Å². The Morgan fingerprint density at radius 2 is 2.00 bits per heavy atom. The van der Waals surface area contributed by atoms with Crippen LogP contribution in [0.5, 0.6) is 0 Å². The molecule has 0 unspecified atom stereocenters. The first kappa shape index (κ1) is 17.9. The van der Waals surface area contributed by atoms with Crippen molar-refractivity contribution in [1.82, 2.24) is 9.62 Å². The molecule has 0 aromatic heterocycles.